The fourth-order valence-corrected chi connectivity index (χ4v) is 2.53. The van der Waals surface area contributed by atoms with Crippen molar-refractivity contribution in [3.05, 3.63) is 17.0 Å². The maximum Gasteiger partial charge on any atom is 0.255 e. The standard InChI is InChI=1S/C15H24ClN5O/c1-9(2)6-10-12(16)20-14-17-8-18-21(14)13(10)19-11(7-22)15(3,4)5/h8-9,11,19,22H,6-7H2,1-5H3/t11-/m1/s1. The van der Waals surface area contributed by atoms with Crippen molar-refractivity contribution in [1.29, 1.82) is 0 Å². The summed E-state index contributed by atoms with van der Waals surface area (Å²) >= 11 is 6.36. The van der Waals surface area contributed by atoms with Gasteiger partial charge in [0, 0.05) is 5.56 Å². The van der Waals surface area contributed by atoms with Gasteiger partial charge in [0.05, 0.1) is 12.6 Å². The van der Waals surface area contributed by atoms with Crippen LogP contribution in [-0.2, 0) is 6.42 Å². The second kappa shape index (κ2) is 6.38. The molecule has 22 heavy (non-hydrogen) atoms. The molecule has 0 fully saturated rings. The number of anilines is 1. The van der Waals surface area contributed by atoms with Crippen molar-refractivity contribution in [2.24, 2.45) is 11.3 Å². The van der Waals surface area contributed by atoms with Crippen LogP contribution in [0.5, 0.6) is 0 Å². The Kier molecular flexibility index (Phi) is 4.92. The summed E-state index contributed by atoms with van der Waals surface area (Å²) in [6.07, 6.45) is 2.22. The van der Waals surface area contributed by atoms with Crippen molar-refractivity contribution >= 4 is 23.2 Å². The van der Waals surface area contributed by atoms with E-state index in [1.165, 1.54) is 6.33 Å². The summed E-state index contributed by atoms with van der Waals surface area (Å²) in [5, 5.41) is 17.8. The minimum absolute atomic E-state index is 0.0146. The fourth-order valence-electron chi connectivity index (χ4n) is 2.29. The number of nitrogens with zero attached hydrogens (tertiary/aromatic N) is 4. The van der Waals surface area contributed by atoms with Crippen molar-refractivity contribution < 1.29 is 5.11 Å². The molecular formula is C15H24ClN5O. The summed E-state index contributed by atoms with van der Waals surface area (Å²) in [5.74, 6) is 1.63. The lowest BCUT2D eigenvalue weighted by Crippen LogP contribution is -2.38. The predicted octanol–water partition coefficient (Wildman–Crippen LogP) is 2.80. The van der Waals surface area contributed by atoms with Crippen LogP contribution < -0.4 is 5.32 Å². The zero-order chi connectivity index (χ0) is 16.5. The van der Waals surface area contributed by atoms with Crippen molar-refractivity contribution in [3.63, 3.8) is 0 Å². The third-order valence-electron chi connectivity index (χ3n) is 3.63. The molecule has 2 heterocycles. The van der Waals surface area contributed by atoms with E-state index in [-0.39, 0.29) is 18.1 Å². The summed E-state index contributed by atoms with van der Waals surface area (Å²) in [7, 11) is 0. The van der Waals surface area contributed by atoms with Crippen LogP contribution in [0.15, 0.2) is 6.33 Å². The first kappa shape index (κ1) is 17.0. The predicted molar refractivity (Wildman–Crippen MR) is 88.3 cm³/mol. The maximum atomic E-state index is 9.73. The normalized spacial score (nSPS) is 13.8. The zero-order valence-corrected chi connectivity index (χ0v) is 14.5. The highest BCUT2D eigenvalue weighted by molar-refractivity contribution is 6.30. The van der Waals surface area contributed by atoms with Gasteiger partial charge in [-0.05, 0) is 17.8 Å². The van der Waals surface area contributed by atoms with Gasteiger partial charge in [-0.1, -0.05) is 46.2 Å². The van der Waals surface area contributed by atoms with E-state index in [0.717, 1.165) is 17.8 Å². The van der Waals surface area contributed by atoms with E-state index < -0.39 is 0 Å². The van der Waals surface area contributed by atoms with Crippen molar-refractivity contribution in [3.8, 4) is 0 Å². The highest BCUT2D eigenvalue weighted by Gasteiger charge is 2.27. The molecule has 7 heteroatoms. The molecule has 0 radical (unpaired) electrons. The molecule has 0 saturated carbocycles. The molecule has 0 bridgehead atoms. The van der Waals surface area contributed by atoms with Gasteiger partial charge in [0.25, 0.3) is 5.78 Å². The molecule has 2 aromatic heterocycles. The third kappa shape index (κ3) is 3.50. The maximum absolute atomic E-state index is 9.73. The van der Waals surface area contributed by atoms with Gasteiger partial charge >= 0.3 is 0 Å². The number of aliphatic hydroxyl groups excluding tert-OH is 1. The van der Waals surface area contributed by atoms with E-state index in [4.69, 9.17) is 11.6 Å². The smallest absolute Gasteiger partial charge is 0.255 e. The number of rotatable bonds is 5. The molecule has 0 amide bonds. The molecule has 2 N–H and O–H groups in total. The van der Waals surface area contributed by atoms with E-state index in [1.54, 1.807) is 4.52 Å². The van der Waals surface area contributed by atoms with Crippen LogP contribution in [0.25, 0.3) is 5.78 Å². The molecule has 0 spiro atoms. The topological polar surface area (TPSA) is 75.3 Å². The molecule has 0 aliphatic heterocycles. The Bertz CT molecular complexity index is 647. The summed E-state index contributed by atoms with van der Waals surface area (Å²) in [6.45, 7) is 10.5. The molecule has 2 rings (SSSR count). The molecule has 122 valence electrons. The zero-order valence-electron chi connectivity index (χ0n) is 13.8. The Balaban J connectivity index is 2.55. The minimum Gasteiger partial charge on any atom is -0.394 e. The molecule has 6 nitrogen and oxygen atoms in total. The molecule has 0 aliphatic rings. The van der Waals surface area contributed by atoms with Crippen LogP contribution >= 0.6 is 11.6 Å². The Morgan fingerprint density at radius 1 is 1.36 bits per heavy atom. The molecule has 2 aromatic rings. The van der Waals surface area contributed by atoms with Crippen LogP contribution in [0.4, 0.5) is 5.82 Å². The van der Waals surface area contributed by atoms with Gasteiger partial charge < -0.3 is 10.4 Å². The summed E-state index contributed by atoms with van der Waals surface area (Å²) in [5.41, 5.74) is 0.782. The monoisotopic (exact) mass is 325 g/mol. The third-order valence-corrected chi connectivity index (χ3v) is 3.94. The highest BCUT2D eigenvalue weighted by Crippen LogP contribution is 2.29. The molecule has 0 saturated heterocycles. The molecular weight excluding hydrogens is 302 g/mol. The number of halogens is 1. The van der Waals surface area contributed by atoms with Gasteiger partial charge in [0.1, 0.15) is 17.3 Å². The highest BCUT2D eigenvalue weighted by atomic mass is 35.5. The number of aliphatic hydroxyl groups is 1. The van der Waals surface area contributed by atoms with E-state index in [0.29, 0.717) is 16.8 Å². The Morgan fingerprint density at radius 3 is 2.59 bits per heavy atom. The lowest BCUT2D eigenvalue weighted by Gasteiger charge is -2.31. The summed E-state index contributed by atoms with van der Waals surface area (Å²) < 4.78 is 1.65. The first-order valence-electron chi connectivity index (χ1n) is 7.49. The van der Waals surface area contributed by atoms with Crippen molar-refractivity contribution in [1.82, 2.24) is 19.6 Å². The van der Waals surface area contributed by atoms with Gasteiger partial charge in [0.2, 0.25) is 0 Å². The minimum atomic E-state index is -0.135. The average Bonchev–Trinajstić information content (AvgIpc) is 2.84. The van der Waals surface area contributed by atoms with E-state index >= 15 is 0 Å². The Labute approximate surface area is 135 Å². The van der Waals surface area contributed by atoms with Crippen molar-refractivity contribution in [2.75, 3.05) is 11.9 Å². The number of fused-ring (bicyclic) bond motifs is 1. The quantitative estimate of drug-likeness (QED) is 0.827. The Hall–Kier alpha value is -1.40. The van der Waals surface area contributed by atoms with Crippen LogP contribution in [0, 0.1) is 11.3 Å². The van der Waals surface area contributed by atoms with Crippen molar-refractivity contribution in [2.45, 2.75) is 47.1 Å². The van der Waals surface area contributed by atoms with E-state index in [1.807, 2.05) is 0 Å². The first-order chi connectivity index (χ1) is 10.2. The molecule has 0 unspecified atom stereocenters. The molecule has 0 aromatic carbocycles. The molecule has 0 aliphatic carbocycles. The Morgan fingerprint density at radius 2 is 2.05 bits per heavy atom. The lowest BCUT2D eigenvalue weighted by molar-refractivity contribution is 0.201. The number of hydrogen-bond donors (Lipinski definition) is 2. The second-order valence-electron chi connectivity index (χ2n) is 7.05. The van der Waals surface area contributed by atoms with Gasteiger partial charge in [-0.2, -0.15) is 19.6 Å². The van der Waals surface area contributed by atoms with Crippen LogP contribution in [-0.4, -0.2) is 37.3 Å². The largest absolute Gasteiger partial charge is 0.394 e. The van der Waals surface area contributed by atoms with Gasteiger partial charge in [-0.25, -0.2) is 0 Å². The fraction of sp³-hybridized carbons (Fsp3) is 0.667. The second-order valence-corrected chi connectivity index (χ2v) is 7.40. The van der Waals surface area contributed by atoms with Crippen LogP contribution in [0.1, 0.15) is 40.2 Å². The van der Waals surface area contributed by atoms with Crippen LogP contribution in [0.2, 0.25) is 5.15 Å². The van der Waals surface area contributed by atoms with Crippen LogP contribution in [0.3, 0.4) is 0 Å². The SMILES string of the molecule is CC(C)Cc1c(Cl)nc2ncnn2c1N[C@H](CO)C(C)(C)C. The summed E-state index contributed by atoms with van der Waals surface area (Å²) in [4.78, 5) is 8.41. The average molecular weight is 326 g/mol. The van der Waals surface area contributed by atoms with Gasteiger partial charge in [-0.3, -0.25) is 0 Å². The summed E-state index contributed by atoms with van der Waals surface area (Å²) in [6, 6.07) is -0.135. The first-order valence-corrected chi connectivity index (χ1v) is 7.87. The van der Waals surface area contributed by atoms with E-state index in [9.17, 15) is 5.11 Å². The molecule has 1 atom stereocenters. The number of nitrogens with one attached hydrogen (secondary N) is 1. The number of aromatic nitrogens is 4. The van der Waals surface area contributed by atoms with E-state index in [2.05, 4.69) is 55.0 Å². The van der Waals surface area contributed by atoms with Gasteiger partial charge in [0.15, 0.2) is 0 Å². The van der Waals surface area contributed by atoms with Gasteiger partial charge in [-0.15, -0.1) is 0 Å². The number of hydrogen-bond acceptors (Lipinski definition) is 5. The lowest BCUT2D eigenvalue weighted by atomic mass is 9.87.